The molecule has 6 heteroatoms. The van der Waals surface area contributed by atoms with E-state index in [9.17, 15) is 14.0 Å². The summed E-state index contributed by atoms with van der Waals surface area (Å²) in [5.74, 6) is -0.267. The Hall–Kier alpha value is -3.15. The second-order valence-corrected chi connectivity index (χ2v) is 5.01. The third-order valence-electron chi connectivity index (χ3n) is 3.39. The highest BCUT2D eigenvalue weighted by Gasteiger charge is 2.27. The Morgan fingerprint density at radius 3 is 2.67 bits per heavy atom. The zero-order valence-corrected chi connectivity index (χ0v) is 12.7. The predicted octanol–water partition coefficient (Wildman–Crippen LogP) is 2.99. The molecule has 2 aromatic carbocycles. The van der Waals surface area contributed by atoms with Crippen LogP contribution in [0, 0.1) is 5.82 Å². The van der Waals surface area contributed by atoms with Gasteiger partial charge in [-0.3, -0.25) is 4.79 Å². The SMILES string of the molecule is COC(=O)COc1ccc2c(c1)OC(=Cc1ccc(F)cc1)C2=O. The van der Waals surface area contributed by atoms with Gasteiger partial charge in [0.1, 0.15) is 17.3 Å². The van der Waals surface area contributed by atoms with E-state index in [1.807, 2.05) is 0 Å². The van der Waals surface area contributed by atoms with Crippen LogP contribution in [0.15, 0.2) is 48.2 Å². The van der Waals surface area contributed by atoms with Crippen molar-refractivity contribution in [3.8, 4) is 11.5 Å². The third-order valence-corrected chi connectivity index (χ3v) is 3.39. The van der Waals surface area contributed by atoms with Gasteiger partial charge in [-0.1, -0.05) is 12.1 Å². The molecule has 0 bridgehead atoms. The molecule has 122 valence electrons. The molecular weight excluding hydrogens is 315 g/mol. The number of rotatable bonds is 4. The topological polar surface area (TPSA) is 61.8 Å². The Bertz CT molecular complexity index is 824. The lowest BCUT2D eigenvalue weighted by Crippen LogP contribution is -2.12. The van der Waals surface area contributed by atoms with Crippen molar-refractivity contribution in [2.75, 3.05) is 13.7 Å². The van der Waals surface area contributed by atoms with Crippen molar-refractivity contribution in [3.63, 3.8) is 0 Å². The lowest BCUT2D eigenvalue weighted by Gasteiger charge is -2.05. The molecule has 1 aliphatic heterocycles. The molecule has 0 radical (unpaired) electrons. The summed E-state index contributed by atoms with van der Waals surface area (Å²) in [5, 5.41) is 0. The molecule has 2 aromatic rings. The van der Waals surface area contributed by atoms with E-state index in [0.717, 1.165) is 0 Å². The van der Waals surface area contributed by atoms with E-state index in [1.54, 1.807) is 24.3 Å². The number of hydrogen-bond acceptors (Lipinski definition) is 5. The van der Waals surface area contributed by atoms with E-state index in [-0.39, 0.29) is 24.0 Å². The largest absolute Gasteiger partial charge is 0.482 e. The van der Waals surface area contributed by atoms with Crippen LogP contribution in [0.3, 0.4) is 0 Å². The molecule has 0 N–H and O–H groups in total. The minimum Gasteiger partial charge on any atom is -0.482 e. The number of esters is 1. The monoisotopic (exact) mass is 328 g/mol. The second kappa shape index (κ2) is 6.54. The predicted molar refractivity (Wildman–Crippen MR) is 83.3 cm³/mol. The molecular formula is C18H13FO5. The molecule has 1 aliphatic rings. The highest BCUT2D eigenvalue weighted by Crippen LogP contribution is 2.34. The van der Waals surface area contributed by atoms with Crippen LogP contribution in [0.5, 0.6) is 11.5 Å². The maximum atomic E-state index is 12.9. The molecule has 0 saturated carbocycles. The summed E-state index contributed by atoms with van der Waals surface area (Å²) in [5.41, 5.74) is 1.04. The number of ketones is 1. The first-order chi connectivity index (χ1) is 11.6. The van der Waals surface area contributed by atoms with Gasteiger partial charge in [-0.15, -0.1) is 0 Å². The summed E-state index contributed by atoms with van der Waals surface area (Å²) in [4.78, 5) is 23.4. The summed E-state index contributed by atoms with van der Waals surface area (Å²) >= 11 is 0. The highest BCUT2D eigenvalue weighted by molar-refractivity contribution is 6.14. The maximum absolute atomic E-state index is 12.9. The van der Waals surface area contributed by atoms with E-state index in [0.29, 0.717) is 22.6 Å². The van der Waals surface area contributed by atoms with Gasteiger partial charge in [0.05, 0.1) is 12.7 Å². The van der Waals surface area contributed by atoms with Crippen molar-refractivity contribution in [3.05, 3.63) is 65.2 Å². The number of hydrogen-bond donors (Lipinski definition) is 0. The second-order valence-electron chi connectivity index (χ2n) is 5.01. The van der Waals surface area contributed by atoms with E-state index >= 15 is 0 Å². The number of fused-ring (bicyclic) bond motifs is 1. The first kappa shape index (κ1) is 15.7. The van der Waals surface area contributed by atoms with Crippen LogP contribution in [0.2, 0.25) is 0 Å². The van der Waals surface area contributed by atoms with Gasteiger partial charge in [0, 0.05) is 6.07 Å². The molecule has 0 unspecified atom stereocenters. The van der Waals surface area contributed by atoms with Crippen molar-refractivity contribution < 1.29 is 28.2 Å². The first-order valence-electron chi connectivity index (χ1n) is 7.10. The van der Waals surface area contributed by atoms with Crippen molar-refractivity contribution in [1.82, 2.24) is 0 Å². The van der Waals surface area contributed by atoms with Gasteiger partial charge in [0.25, 0.3) is 0 Å². The Morgan fingerprint density at radius 1 is 1.21 bits per heavy atom. The van der Waals surface area contributed by atoms with Crippen molar-refractivity contribution >= 4 is 17.8 Å². The number of halogens is 1. The van der Waals surface area contributed by atoms with Gasteiger partial charge in [0.2, 0.25) is 5.78 Å². The number of carbonyl (C=O) groups excluding carboxylic acids is 2. The van der Waals surface area contributed by atoms with Crippen molar-refractivity contribution in [1.29, 1.82) is 0 Å². The molecule has 0 aliphatic carbocycles. The van der Waals surface area contributed by atoms with E-state index in [1.165, 1.54) is 31.4 Å². The van der Waals surface area contributed by atoms with Gasteiger partial charge < -0.3 is 14.2 Å². The van der Waals surface area contributed by atoms with Crippen LogP contribution in [-0.2, 0) is 9.53 Å². The number of Topliss-reactive ketones (excluding diaryl/α,β-unsaturated/α-hetero) is 1. The van der Waals surface area contributed by atoms with Crippen molar-refractivity contribution in [2.45, 2.75) is 0 Å². The molecule has 0 saturated heterocycles. The number of ether oxygens (including phenoxy) is 3. The summed E-state index contributed by atoms with van der Waals surface area (Å²) in [7, 11) is 1.27. The molecule has 0 amide bonds. The van der Waals surface area contributed by atoms with E-state index in [2.05, 4.69) is 4.74 Å². The molecule has 5 nitrogen and oxygen atoms in total. The Kier molecular flexibility index (Phi) is 4.29. The molecule has 0 aromatic heterocycles. The highest BCUT2D eigenvalue weighted by atomic mass is 19.1. The van der Waals surface area contributed by atoms with Crippen LogP contribution in [0.25, 0.3) is 6.08 Å². The van der Waals surface area contributed by atoms with Crippen LogP contribution in [0.4, 0.5) is 4.39 Å². The van der Waals surface area contributed by atoms with Gasteiger partial charge >= 0.3 is 5.97 Å². The van der Waals surface area contributed by atoms with E-state index < -0.39 is 5.97 Å². The molecule has 0 spiro atoms. The maximum Gasteiger partial charge on any atom is 0.343 e. The van der Waals surface area contributed by atoms with Crippen molar-refractivity contribution in [2.24, 2.45) is 0 Å². The summed E-state index contributed by atoms with van der Waals surface area (Å²) in [6.07, 6.45) is 1.54. The van der Waals surface area contributed by atoms with Gasteiger partial charge in [-0.2, -0.15) is 0 Å². The summed E-state index contributed by atoms with van der Waals surface area (Å²) < 4.78 is 28.2. The quantitative estimate of drug-likeness (QED) is 0.638. The summed E-state index contributed by atoms with van der Waals surface area (Å²) in [6.45, 7) is -0.235. The fourth-order valence-electron chi connectivity index (χ4n) is 2.17. The molecule has 24 heavy (non-hydrogen) atoms. The zero-order chi connectivity index (χ0) is 17.1. The number of benzene rings is 2. The minimum absolute atomic E-state index is 0.140. The number of allylic oxidation sites excluding steroid dienone is 1. The minimum atomic E-state index is -0.510. The van der Waals surface area contributed by atoms with Crippen LogP contribution < -0.4 is 9.47 Å². The first-order valence-corrected chi connectivity index (χ1v) is 7.10. The van der Waals surface area contributed by atoms with E-state index in [4.69, 9.17) is 9.47 Å². The van der Waals surface area contributed by atoms with Gasteiger partial charge in [0.15, 0.2) is 12.4 Å². The molecule has 1 heterocycles. The standard InChI is InChI=1S/C18H13FO5/c1-22-17(20)10-23-13-6-7-14-15(9-13)24-16(18(14)21)8-11-2-4-12(19)5-3-11/h2-9H,10H2,1H3. The summed E-state index contributed by atoms with van der Waals surface area (Å²) in [6, 6.07) is 10.4. The van der Waals surface area contributed by atoms with Gasteiger partial charge in [-0.25, -0.2) is 9.18 Å². The zero-order valence-electron chi connectivity index (χ0n) is 12.7. The average molecular weight is 328 g/mol. The molecule has 0 atom stereocenters. The Labute approximate surface area is 137 Å². The number of methoxy groups -OCH3 is 1. The van der Waals surface area contributed by atoms with Gasteiger partial charge in [-0.05, 0) is 35.9 Å². The fraction of sp³-hybridized carbons (Fsp3) is 0.111. The lowest BCUT2D eigenvalue weighted by atomic mass is 10.1. The van der Waals surface area contributed by atoms with Crippen LogP contribution >= 0.6 is 0 Å². The molecule has 3 rings (SSSR count). The normalized spacial score (nSPS) is 14.2. The average Bonchev–Trinajstić information content (AvgIpc) is 2.90. The fourth-order valence-corrected chi connectivity index (χ4v) is 2.17. The lowest BCUT2D eigenvalue weighted by molar-refractivity contribution is -0.142. The third kappa shape index (κ3) is 3.27. The van der Waals surface area contributed by atoms with Crippen LogP contribution in [0.1, 0.15) is 15.9 Å². The smallest absolute Gasteiger partial charge is 0.343 e. The Balaban J connectivity index is 1.79. The van der Waals surface area contributed by atoms with Crippen LogP contribution in [-0.4, -0.2) is 25.5 Å². The molecule has 0 fully saturated rings. The Morgan fingerprint density at radius 2 is 1.96 bits per heavy atom. The number of carbonyl (C=O) groups is 2.